The SMILES string of the molecule is Cc1nc(C(=O)NNC(=O)c2ccc(CSc3nncn3C)cc2)nn1-c1ccc(Cl)cc1. The lowest BCUT2D eigenvalue weighted by Gasteiger charge is -2.07. The number of carbonyl (C=O) groups excluding carboxylic acids is 2. The number of aromatic nitrogens is 6. The number of thioether (sulfide) groups is 1. The Hall–Kier alpha value is -3.70. The zero-order valence-corrected chi connectivity index (χ0v) is 19.3. The van der Waals surface area contributed by atoms with Gasteiger partial charge in [0.1, 0.15) is 12.2 Å². The Balaban J connectivity index is 1.33. The summed E-state index contributed by atoms with van der Waals surface area (Å²) >= 11 is 7.46. The number of benzene rings is 2. The van der Waals surface area contributed by atoms with Gasteiger partial charge < -0.3 is 4.57 Å². The smallest absolute Gasteiger partial charge is 0.309 e. The molecule has 0 bridgehead atoms. The van der Waals surface area contributed by atoms with Crippen LogP contribution in [0.4, 0.5) is 0 Å². The first-order valence-electron chi connectivity index (χ1n) is 9.77. The van der Waals surface area contributed by atoms with E-state index in [0.717, 1.165) is 10.7 Å². The van der Waals surface area contributed by atoms with Gasteiger partial charge in [0.05, 0.1) is 5.69 Å². The minimum Gasteiger partial charge on any atom is -0.312 e. The Morgan fingerprint density at radius 3 is 2.39 bits per heavy atom. The summed E-state index contributed by atoms with van der Waals surface area (Å²) in [6, 6.07) is 14.0. The van der Waals surface area contributed by atoms with Crippen LogP contribution in [0.2, 0.25) is 5.02 Å². The minimum atomic E-state index is -0.629. The van der Waals surface area contributed by atoms with Crippen LogP contribution in [0.1, 0.15) is 32.4 Å². The molecular formula is C21H19ClN8O2S. The van der Waals surface area contributed by atoms with Crippen LogP contribution in [0.3, 0.4) is 0 Å². The fraction of sp³-hybridized carbons (Fsp3) is 0.143. The number of amides is 2. The highest BCUT2D eigenvalue weighted by atomic mass is 35.5. The highest BCUT2D eigenvalue weighted by molar-refractivity contribution is 7.98. The molecule has 0 aliphatic heterocycles. The molecule has 2 heterocycles. The van der Waals surface area contributed by atoms with Gasteiger partial charge in [-0.3, -0.25) is 20.4 Å². The molecule has 0 fully saturated rings. The van der Waals surface area contributed by atoms with Gasteiger partial charge in [-0.1, -0.05) is 35.5 Å². The Labute approximate surface area is 198 Å². The second kappa shape index (κ2) is 9.84. The Morgan fingerprint density at radius 2 is 1.73 bits per heavy atom. The molecule has 2 amide bonds. The molecule has 0 atom stereocenters. The lowest BCUT2D eigenvalue weighted by Crippen LogP contribution is -2.42. The van der Waals surface area contributed by atoms with Crippen molar-refractivity contribution in [3.8, 4) is 5.69 Å². The number of nitrogens with one attached hydrogen (secondary N) is 2. The first kappa shape index (κ1) is 22.5. The van der Waals surface area contributed by atoms with E-state index in [4.69, 9.17) is 11.6 Å². The van der Waals surface area contributed by atoms with Gasteiger partial charge in [0.2, 0.25) is 5.82 Å². The van der Waals surface area contributed by atoms with E-state index in [2.05, 4.69) is 31.1 Å². The zero-order chi connectivity index (χ0) is 23.4. The van der Waals surface area contributed by atoms with E-state index in [-0.39, 0.29) is 5.82 Å². The summed E-state index contributed by atoms with van der Waals surface area (Å²) in [5, 5.41) is 13.5. The normalized spacial score (nSPS) is 10.8. The molecular weight excluding hydrogens is 464 g/mol. The molecule has 0 aliphatic carbocycles. The summed E-state index contributed by atoms with van der Waals surface area (Å²) < 4.78 is 3.36. The van der Waals surface area contributed by atoms with Gasteiger partial charge in [-0.2, -0.15) is 0 Å². The van der Waals surface area contributed by atoms with Crippen LogP contribution in [0.5, 0.6) is 0 Å². The summed E-state index contributed by atoms with van der Waals surface area (Å²) in [6.45, 7) is 1.72. The number of hydrogen-bond acceptors (Lipinski definition) is 7. The van der Waals surface area contributed by atoms with Crippen molar-refractivity contribution < 1.29 is 9.59 Å². The van der Waals surface area contributed by atoms with E-state index >= 15 is 0 Å². The third-order valence-corrected chi connectivity index (χ3v) is 5.94. The molecule has 4 aromatic rings. The van der Waals surface area contributed by atoms with Crippen LogP contribution in [-0.4, -0.2) is 41.3 Å². The van der Waals surface area contributed by atoms with E-state index in [9.17, 15) is 9.59 Å². The van der Waals surface area contributed by atoms with E-state index < -0.39 is 11.8 Å². The maximum absolute atomic E-state index is 12.4. The fourth-order valence-electron chi connectivity index (χ4n) is 2.86. The molecule has 168 valence electrons. The summed E-state index contributed by atoms with van der Waals surface area (Å²) in [6.07, 6.45) is 1.64. The first-order valence-corrected chi connectivity index (χ1v) is 11.1. The molecule has 2 N–H and O–H groups in total. The fourth-order valence-corrected chi connectivity index (χ4v) is 3.83. The topological polar surface area (TPSA) is 120 Å². The van der Waals surface area contributed by atoms with E-state index in [0.29, 0.717) is 27.9 Å². The highest BCUT2D eigenvalue weighted by Crippen LogP contribution is 2.20. The average molecular weight is 483 g/mol. The molecule has 0 radical (unpaired) electrons. The van der Waals surface area contributed by atoms with Gasteiger partial charge in [0.15, 0.2) is 5.16 Å². The molecule has 12 heteroatoms. The van der Waals surface area contributed by atoms with Gasteiger partial charge in [-0.15, -0.1) is 15.3 Å². The summed E-state index contributed by atoms with van der Waals surface area (Å²) in [5.74, 6) is 0.0509. The minimum absolute atomic E-state index is 0.0705. The van der Waals surface area contributed by atoms with Gasteiger partial charge in [-0.05, 0) is 48.9 Å². The average Bonchev–Trinajstić information content (AvgIpc) is 3.42. The number of halogens is 1. The van der Waals surface area contributed by atoms with Crippen LogP contribution in [0, 0.1) is 6.92 Å². The van der Waals surface area contributed by atoms with E-state index in [1.807, 2.05) is 23.7 Å². The quantitative estimate of drug-likeness (QED) is 0.320. The largest absolute Gasteiger partial charge is 0.312 e. The van der Waals surface area contributed by atoms with Crippen molar-refractivity contribution in [2.75, 3.05) is 0 Å². The van der Waals surface area contributed by atoms with Gasteiger partial charge in [0, 0.05) is 23.4 Å². The van der Waals surface area contributed by atoms with Crippen molar-refractivity contribution in [3.05, 3.63) is 82.7 Å². The van der Waals surface area contributed by atoms with Gasteiger partial charge in [0.25, 0.3) is 5.91 Å². The first-order chi connectivity index (χ1) is 15.9. The van der Waals surface area contributed by atoms with E-state index in [1.165, 1.54) is 4.68 Å². The number of rotatable bonds is 6. The van der Waals surface area contributed by atoms with Gasteiger partial charge >= 0.3 is 5.91 Å². The van der Waals surface area contributed by atoms with Crippen LogP contribution < -0.4 is 10.9 Å². The molecule has 4 rings (SSSR count). The van der Waals surface area contributed by atoms with E-state index in [1.54, 1.807) is 61.4 Å². The predicted octanol–water partition coefficient (Wildman–Crippen LogP) is 2.72. The van der Waals surface area contributed by atoms with Crippen molar-refractivity contribution >= 4 is 35.2 Å². The number of nitrogens with zero attached hydrogens (tertiary/aromatic N) is 6. The second-order valence-corrected chi connectivity index (χ2v) is 8.37. The Morgan fingerprint density at radius 1 is 1.03 bits per heavy atom. The van der Waals surface area contributed by atoms with Crippen LogP contribution in [0.25, 0.3) is 5.69 Å². The van der Waals surface area contributed by atoms with Crippen molar-refractivity contribution in [2.24, 2.45) is 7.05 Å². The highest BCUT2D eigenvalue weighted by Gasteiger charge is 2.16. The number of hydrogen-bond donors (Lipinski definition) is 2. The zero-order valence-electron chi connectivity index (χ0n) is 17.7. The molecule has 33 heavy (non-hydrogen) atoms. The predicted molar refractivity (Wildman–Crippen MR) is 123 cm³/mol. The lowest BCUT2D eigenvalue weighted by molar-refractivity contribution is 0.0841. The molecule has 0 aliphatic rings. The van der Waals surface area contributed by atoms with Gasteiger partial charge in [-0.25, -0.2) is 9.67 Å². The van der Waals surface area contributed by atoms with Crippen LogP contribution in [-0.2, 0) is 12.8 Å². The maximum atomic E-state index is 12.4. The monoisotopic (exact) mass is 482 g/mol. The van der Waals surface area contributed by atoms with Crippen molar-refractivity contribution in [3.63, 3.8) is 0 Å². The third kappa shape index (κ3) is 5.38. The molecule has 2 aromatic heterocycles. The molecule has 0 spiro atoms. The standard InChI is InChI=1S/C21H19ClN8O2S/c1-13-24-18(28-30(13)17-9-7-16(22)8-10-17)20(32)26-25-19(31)15-5-3-14(4-6-15)11-33-21-27-23-12-29(21)2/h3-10,12H,11H2,1-2H3,(H,25,31)(H,26,32). The number of aryl methyl sites for hydroxylation is 2. The van der Waals surface area contributed by atoms with Crippen LogP contribution in [0.15, 0.2) is 60.0 Å². The summed E-state index contributed by atoms with van der Waals surface area (Å²) in [5.41, 5.74) is 6.86. The summed E-state index contributed by atoms with van der Waals surface area (Å²) in [4.78, 5) is 29.0. The molecule has 0 unspecified atom stereocenters. The van der Waals surface area contributed by atoms with Crippen molar-refractivity contribution in [1.82, 2.24) is 40.4 Å². The number of hydrazine groups is 1. The third-order valence-electron chi connectivity index (χ3n) is 4.59. The number of carbonyl (C=O) groups is 2. The van der Waals surface area contributed by atoms with Crippen LogP contribution >= 0.6 is 23.4 Å². The van der Waals surface area contributed by atoms with Crippen molar-refractivity contribution in [2.45, 2.75) is 17.8 Å². The Kier molecular flexibility index (Phi) is 6.71. The maximum Gasteiger partial charge on any atom is 0.309 e. The second-order valence-electron chi connectivity index (χ2n) is 6.99. The molecule has 0 saturated carbocycles. The molecule has 0 saturated heterocycles. The van der Waals surface area contributed by atoms with Crippen molar-refractivity contribution in [1.29, 1.82) is 0 Å². The Bertz CT molecular complexity index is 1280. The summed E-state index contributed by atoms with van der Waals surface area (Å²) in [7, 11) is 1.88. The molecule has 10 nitrogen and oxygen atoms in total. The lowest BCUT2D eigenvalue weighted by atomic mass is 10.1. The molecule has 2 aromatic carbocycles.